The number of ketones is 1. The van der Waals surface area contributed by atoms with Crippen molar-refractivity contribution < 1.29 is 57.1 Å². The number of hydrogen-bond donors (Lipinski definition) is 3. The standard InChI is InChI=1S/C22H34N4O3.C20H30N4O3.C18H28N4O3.C18H27N3O3/c27-20(11-16-8-4-5-9-16)23-18-13-28-22-19(14-29-21(18)22)26-12-17(24-25-26)10-15-6-2-1-3-7-15;25-18(9-14-6-7-14)21-16-11-26-20-17(12-27-19(16)20)24-10-15(22-23-24)8-13-4-2-1-3-5-13;1-2-16(23)19-14-10-24-18-15(11-25-17(14)18)22-9-13(20-21-22)8-12-6-4-3-5-7-12;1-12(22)7-14-10-23-18-16(11-24-17(14)18)21-9-15(19-20-21)8-13-5-3-2-4-6-13/h12,15-16,18-19,21-22H,1-11,13-14H2,(H,23,27);10,13-14,16-17,19-20H,1-9,11-12H2,(H,21,25);9,12,14-15,17-18H,2-8,10-11H2,1H3,(H,19,23);9,13-14,16-18H,2-8,10-11H2,1H3. The quantitative estimate of drug-likeness (QED) is 0.0662. The van der Waals surface area contributed by atoms with Gasteiger partial charge in [-0.05, 0) is 93.8 Å². The maximum Gasteiger partial charge on any atom is 0.220 e. The minimum absolute atomic E-state index is 0.00131. The first-order valence-electron chi connectivity index (χ1n) is 41.4. The largest absolute Gasteiger partial charge is 0.373 e. The number of ether oxygens (including phenoxy) is 8. The summed E-state index contributed by atoms with van der Waals surface area (Å²) in [5, 5.41) is 44.4. The number of Topliss-reactive ketones (excluding diaryl/α,β-unsaturated/α-hetero) is 1. The monoisotopic (exact) mass is 1460 g/mol. The number of carbonyl (C=O) groups excluding carboxylic acids is 4. The summed E-state index contributed by atoms with van der Waals surface area (Å²) in [6.07, 6.45) is 48.4. The van der Waals surface area contributed by atoms with Crippen LogP contribution in [-0.4, -0.2) is 203 Å². The number of rotatable bonds is 22. The third-order valence-electron chi connectivity index (χ3n) is 25.7. The van der Waals surface area contributed by atoms with Crippen LogP contribution in [0, 0.1) is 41.4 Å². The Morgan fingerprint density at radius 1 is 0.333 bits per heavy atom. The fourth-order valence-corrected chi connectivity index (χ4v) is 19.7. The molecule has 8 saturated heterocycles. The lowest BCUT2D eigenvalue weighted by Gasteiger charge is -2.20. The lowest BCUT2D eigenvalue weighted by molar-refractivity contribution is -0.124. The van der Waals surface area contributed by atoms with Crippen molar-refractivity contribution in [1.82, 2.24) is 75.9 Å². The van der Waals surface area contributed by atoms with Gasteiger partial charge in [-0.2, -0.15) is 0 Å². The van der Waals surface area contributed by atoms with E-state index in [2.05, 4.69) is 82.0 Å². The van der Waals surface area contributed by atoms with Crippen molar-refractivity contribution in [3.05, 3.63) is 47.6 Å². The molecule has 3 amide bonds. The molecule has 6 aliphatic carbocycles. The zero-order chi connectivity index (χ0) is 71.6. The zero-order valence-corrected chi connectivity index (χ0v) is 62.5. The van der Waals surface area contributed by atoms with Gasteiger partial charge in [-0.15, -0.1) is 20.4 Å². The Balaban J connectivity index is 0.000000113. The molecule has 4 aromatic rings. The predicted octanol–water partition coefficient (Wildman–Crippen LogP) is 8.80. The van der Waals surface area contributed by atoms with Gasteiger partial charge in [-0.1, -0.05) is 169 Å². The Bertz CT molecular complexity index is 3420. The van der Waals surface area contributed by atoms with Crippen LogP contribution in [0.4, 0.5) is 0 Å². The molecule has 0 spiro atoms. The summed E-state index contributed by atoms with van der Waals surface area (Å²) in [7, 11) is 0. The average Bonchev–Trinajstić information content (AvgIpc) is 1.65. The minimum Gasteiger partial charge on any atom is -0.373 e. The van der Waals surface area contributed by atoms with Crippen LogP contribution >= 0.6 is 0 Å². The SMILES string of the molecule is CC(=O)CC1COC2C1OCC2n1cc(CC2CCCCC2)nn1.CCC(=O)NC1COC2C1OCC2n1cc(CC2CCCCC2)nn1.O=C(CC1CC1)NC1COC2C1OCC2n1cc(CC2CCCCC2)nn1.O=C(CC1CCCC1)NC1COC2C1OCC2n1cc(CC2CCCCC2)nn1. The zero-order valence-electron chi connectivity index (χ0n) is 62.5. The second-order valence-corrected chi connectivity index (χ2v) is 33.8. The van der Waals surface area contributed by atoms with E-state index in [1.54, 1.807) is 6.92 Å². The van der Waals surface area contributed by atoms with E-state index >= 15 is 0 Å². The molecule has 16 unspecified atom stereocenters. The highest BCUT2D eigenvalue weighted by molar-refractivity contribution is 5.77. The van der Waals surface area contributed by atoms with E-state index in [4.69, 9.17) is 37.9 Å². The molecule has 105 heavy (non-hydrogen) atoms. The minimum atomic E-state index is -0.0912. The van der Waals surface area contributed by atoms with E-state index in [1.807, 2.05) is 25.7 Å². The number of carbonyl (C=O) groups is 4. The number of hydrogen-bond acceptors (Lipinski definition) is 20. The Labute approximate surface area is 618 Å². The summed E-state index contributed by atoms with van der Waals surface area (Å²) >= 11 is 0. The molecule has 12 heterocycles. The van der Waals surface area contributed by atoms with Crippen LogP contribution in [0.2, 0.25) is 0 Å². The first kappa shape index (κ1) is 74.8. The Morgan fingerprint density at radius 2 is 0.610 bits per heavy atom. The van der Waals surface area contributed by atoms with Gasteiger partial charge < -0.3 is 58.6 Å². The number of fused-ring (bicyclic) bond motifs is 4. The number of nitrogens with zero attached hydrogens (tertiary/aromatic N) is 12. The number of nitrogens with one attached hydrogen (secondary N) is 3. The molecular formula is C78H119N15O12. The van der Waals surface area contributed by atoms with Crippen molar-refractivity contribution in [2.24, 2.45) is 41.4 Å². The molecule has 16 atom stereocenters. The summed E-state index contributed by atoms with van der Waals surface area (Å²) in [6, 6.07) is 0.0614. The van der Waals surface area contributed by atoms with Crippen LogP contribution < -0.4 is 16.0 Å². The van der Waals surface area contributed by atoms with E-state index in [0.717, 1.165) is 72.1 Å². The highest BCUT2D eigenvalue weighted by Crippen LogP contribution is 2.42. The van der Waals surface area contributed by atoms with Gasteiger partial charge in [0.05, 0.1) is 99.9 Å². The molecule has 0 aromatic carbocycles. The van der Waals surface area contributed by atoms with Crippen LogP contribution in [0.25, 0.3) is 0 Å². The van der Waals surface area contributed by atoms with Gasteiger partial charge in [0.1, 0.15) is 72.7 Å². The molecule has 27 nitrogen and oxygen atoms in total. The second-order valence-electron chi connectivity index (χ2n) is 33.8. The number of amides is 3. The average molecular weight is 1460 g/mol. The molecule has 6 saturated carbocycles. The van der Waals surface area contributed by atoms with Crippen LogP contribution in [0.5, 0.6) is 0 Å². The Kier molecular flexibility index (Phi) is 25.5. The maximum absolute atomic E-state index is 12.4. The van der Waals surface area contributed by atoms with E-state index in [1.165, 1.54) is 167 Å². The molecule has 0 bridgehead atoms. The molecule has 14 aliphatic rings. The van der Waals surface area contributed by atoms with Gasteiger partial charge in [-0.3, -0.25) is 14.4 Å². The molecule has 8 aliphatic heterocycles. The van der Waals surface area contributed by atoms with Gasteiger partial charge in [0.15, 0.2) is 0 Å². The van der Waals surface area contributed by atoms with Crippen LogP contribution in [0.15, 0.2) is 24.8 Å². The molecule has 578 valence electrons. The second kappa shape index (κ2) is 35.8. The van der Waals surface area contributed by atoms with Crippen LogP contribution in [-0.2, 0) is 82.8 Å². The highest BCUT2D eigenvalue weighted by atomic mass is 16.6. The third kappa shape index (κ3) is 19.1. The van der Waals surface area contributed by atoms with Crippen molar-refractivity contribution in [3.63, 3.8) is 0 Å². The van der Waals surface area contributed by atoms with E-state index < -0.39 is 0 Å². The van der Waals surface area contributed by atoms with E-state index in [-0.39, 0.29) is 121 Å². The van der Waals surface area contributed by atoms with Crippen molar-refractivity contribution in [2.45, 2.75) is 323 Å². The van der Waals surface area contributed by atoms with Crippen molar-refractivity contribution >= 4 is 23.5 Å². The summed E-state index contributed by atoms with van der Waals surface area (Å²) in [5.41, 5.74) is 4.32. The van der Waals surface area contributed by atoms with E-state index in [0.29, 0.717) is 90.4 Å². The maximum atomic E-state index is 12.4. The van der Waals surface area contributed by atoms with E-state index in [9.17, 15) is 19.2 Å². The highest BCUT2D eigenvalue weighted by Gasteiger charge is 2.53. The van der Waals surface area contributed by atoms with Gasteiger partial charge in [0.25, 0.3) is 0 Å². The first-order chi connectivity index (χ1) is 51.5. The van der Waals surface area contributed by atoms with Gasteiger partial charge in [0.2, 0.25) is 17.7 Å². The molecule has 14 fully saturated rings. The van der Waals surface area contributed by atoms with Crippen LogP contribution in [0.3, 0.4) is 0 Å². The molecular weight excluding hydrogens is 1340 g/mol. The number of aromatic nitrogens is 12. The van der Waals surface area contributed by atoms with Crippen LogP contribution in [0.1, 0.15) is 253 Å². The molecule has 18 rings (SSSR count). The fourth-order valence-electron chi connectivity index (χ4n) is 19.7. The topological polar surface area (TPSA) is 301 Å². The van der Waals surface area contributed by atoms with Crippen molar-refractivity contribution in [3.8, 4) is 0 Å². The molecule has 27 heteroatoms. The Hall–Kier alpha value is -5.68. The lowest BCUT2D eigenvalue weighted by Crippen LogP contribution is -2.44. The lowest BCUT2D eigenvalue weighted by atomic mass is 9.86. The Morgan fingerprint density at radius 3 is 0.933 bits per heavy atom. The smallest absolute Gasteiger partial charge is 0.220 e. The first-order valence-corrected chi connectivity index (χ1v) is 41.4. The summed E-state index contributed by atoms with van der Waals surface area (Å²) in [6.45, 7) is 7.91. The van der Waals surface area contributed by atoms with Gasteiger partial charge in [0, 0.05) is 56.4 Å². The predicted molar refractivity (Wildman–Crippen MR) is 384 cm³/mol. The molecule has 4 aromatic heterocycles. The molecule has 0 radical (unpaired) electrons. The van der Waals surface area contributed by atoms with Gasteiger partial charge >= 0.3 is 0 Å². The normalized spacial score (nSPS) is 33.4. The summed E-state index contributed by atoms with van der Waals surface area (Å²) < 4.78 is 55.6. The van der Waals surface area contributed by atoms with Crippen molar-refractivity contribution in [2.75, 3.05) is 52.9 Å². The third-order valence-corrected chi connectivity index (χ3v) is 25.7. The molecule has 3 N–H and O–H groups in total. The van der Waals surface area contributed by atoms with Crippen molar-refractivity contribution in [1.29, 1.82) is 0 Å². The summed E-state index contributed by atoms with van der Waals surface area (Å²) in [5.74, 6) is 4.88. The fraction of sp³-hybridized carbons (Fsp3) is 0.846. The van der Waals surface area contributed by atoms with Gasteiger partial charge in [-0.25, -0.2) is 18.7 Å². The summed E-state index contributed by atoms with van der Waals surface area (Å²) in [4.78, 5) is 47.6.